The fraction of sp³-hybridized carbons (Fsp3) is 0.571. The van der Waals surface area contributed by atoms with Crippen LogP contribution in [-0.2, 0) is 66.8 Å². The first kappa shape index (κ1) is 54.8. The van der Waals surface area contributed by atoms with E-state index in [0.29, 0.717) is 0 Å². The van der Waals surface area contributed by atoms with Crippen LogP contribution in [0.3, 0.4) is 0 Å². The predicted octanol–water partition coefficient (Wildman–Crippen LogP) is -3.87. The lowest BCUT2D eigenvalue weighted by atomic mass is 9.99. The topological polar surface area (TPSA) is 508 Å². The van der Waals surface area contributed by atoms with E-state index < -0.39 is 120 Å². The number of hydrogen-bond donors (Lipinski definition) is 10. The molecule has 15 atom stereocenters. The minimum absolute atomic E-state index is 0.00185. The number of fused-ring (bicyclic) bond motifs is 3. The van der Waals surface area contributed by atoms with Gasteiger partial charge < -0.3 is 80.1 Å². The van der Waals surface area contributed by atoms with Crippen LogP contribution in [0.4, 0.5) is 17.7 Å². The number of nitrogens with two attached hydrogens (primary N) is 3. The van der Waals surface area contributed by atoms with Gasteiger partial charge in [-0.05, 0) is 0 Å². The summed E-state index contributed by atoms with van der Waals surface area (Å²) in [6.45, 7) is -2.44. The van der Waals surface area contributed by atoms with Crippen molar-refractivity contribution in [1.29, 1.82) is 0 Å². The number of H-pyrrole nitrogens is 2. The number of aromatic nitrogens is 12. The quantitative estimate of drug-likeness (QED) is 0.0143. The molecule has 75 heavy (non-hydrogen) atoms. The smallest absolute Gasteiger partial charge is 0.487 e. The molecule has 6 aromatic rings. The summed E-state index contributed by atoms with van der Waals surface area (Å²) in [4.78, 5) is 88.2. The molecule has 36 nitrogen and oxygen atoms in total. The molecule has 13 N–H and O–H groups in total. The first-order valence-electron chi connectivity index (χ1n) is 21.8. The standard InChI is InChI=1S/C35H48N15O21P3S/c1-47-11-50(28-19(47)30(55)46-35(38)44-28)31-20(51)13(4-62-2)14(67-31)6-65-72(56,57)70-74(60,61)71-73(58,59)66-7-16-24(23(63-3)33(69-16)48-9-41-17-25(36)39-8-40-26(17)48)75-12-64-5-15-21(52)22(53)32(68-15)49-10-42-18-27(49)43-34(37)45-29(18)54/h8-11,13-16,20-24,31-33,51-53H,4-7,12H2,1-3H3,(H10-,36,37,38,39,40,43,44,45,46,54,55,56,57,58,59,60,61)/t13-,14-,15-,16?,20-,21-,22-,23-,24-,31-,32-,33-/m1/s1. The number of thioether (sulfide) groups is 1. The van der Waals surface area contributed by atoms with Crippen LogP contribution in [0.25, 0.3) is 33.5 Å². The van der Waals surface area contributed by atoms with Gasteiger partial charge in [0.15, 0.2) is 41.4 Å². The van der Waals surface area contributed by atoms with Gasteiger partial charge in [-0.2, -0.15) is 9.29 Å². The van der Waals surface area contributed by atoms with E-state index in [1.54, 1.807) is 0 Å². The monoisotopic (exact) mass is 1140 g/mol. The molecular weight excluding hydrogens is 1090 g/mol. The summed E-state index contributed by atoms with van der Waals surface area (Å²) in [5.41, 5.74) is 16.5. The summed E-state index contributed by atoms with van der Waals surface area (Å²) in [6, 6.07) is 0. The van der Waals surface area contributed by atoms with Crippen LogP contribution in [-0.4, -0.2) is 173 Å². The molecule has 0 aromatic carbocycles. The molecule has 9 rings (SSSR count). The molecule has 0 bridgehead atoms. The Bertz CT molecular complexity index is 3350. The van der Waals surface area contributed by atoms with Crippen molar-refractivity contribution in [1.82, 2.24) is 53.6 Å². The van der Waals surface area contributed by atoms with Gasteiger partial charge in [-0.3, -0.25) is 42.3 Å². The number of nitrogens with zero attached hydrogens (tertiary/aromatic N) is 10. The van der Waals surface area contributed by atoms with Gasteiger partial charge in [-0.25, -0.2) is 37.9 Å². The Morgan fingerprint density at radius 1 is 0.787 bits per heavy atom. The number of ether oxygens (including phenoxy) is 6. The van der Waals surface area contributed by atoms with Crippen LogP contribution in [0.15, 0.2) is 34.9 Å². The Kier molecular flexibility index (Phi) is 15.7. The zero-order chi connectivity index (χ0) is 53.9. The van der Waals surface area contributed by atoms with Crippen molar-refractivity contribution in [3.63, 3.8) is 0 Å². The lowest BCUT2D eigenvalue weighted by molar-refractivity contribution is -0.745. The zero-order valence-corrected chi connectivity index (χ0v) is 42.5. The maximum atomic E-state index is 13.3. The van der Waals surface area contributed by atoms with E-state index in [9.17, 15) is 53.3 Å². The molecule has 40 heteroatoms. The Morgan fingerprint density at radius 2 is 1.47 bits per heavy atom. The first-order valence-corrected chi connectivity index (χ1v) is 27.3. The minimum Gasteiger partial charge on any atom is -0.756 e. The number of anilines is 3. The highest BCUT2D eigenvalue weighted by Gasteiger charge is 2.51. The largest absolute Gasteiger partial charge is 0.756 e. The van der Waals surface area contributed by atoms with Crippen molar-refractivity contribution in [3.05, 3.63) is 46.0 Å². The molecule has 0 aliphatic carbocycles. The number of rotatable bonds is 21. The molecule has 0 saturated carbocycles. The van der Waals surface area contributed by atoms with Gasteiger partial charge in [0, 0.05) is 20.1 Å². The van der Waals surface area contributed by atoms with Crippen LogP contribution in [0.5, 0.6) is 0 Å². The van der Waals surface area contributed by atoms with E-state index in [2.05, 4.69) is 48.5 Å². The van der Waals surface area contributed by atoms with Crippen molar-refractivity contribution in [2.24, 2.45) is 13.0 Å². The van der Waals surface area contributed by atoms with Crippen LogP contribution in [0, 0.1) is 5.92 Å². The third-order valence-corrected chi connectivity index (χ3v) is 17.5. The van der Waals surface area contributed by atoms with Gasteiger partial charge in [-0.15, -0.1) is 11.8 Å². The molecule has 0 radical (unpaired) electrons. The molecule has 6 aromatic heterocycles. The highest BCUT2D eigenvalue weighted by molar-refractivity contribution is 7.99. The fourth-order valence-corrected chi connectivity index (χ4v) is 13.4. The van der Waals surface area contributed by atoms with E-state index in [-0.39, 0.29) is 70.4 Å². The second-order valence-corrected chi connectivity index (χ2v) is 22.6. The summed E-state index contributed by atoms with van der Waals surface area (Å²) in [5, 5.41) is 32.1. The van der Waals surface area contributed by atoms with Crippen LogP contribution in [0.1, 0.15) is 18.7 Å². The van der Waals surface area contributed by atoms with E-state index in [1.165, 1.54) is 64.8 Å². The molecule has 3 saturated heterocycles. The first-order chi connectivity index (χ1) is 35.5. The Hall–Kier alpha value is -4.95. The number of nitrogens with one attached hydrogen (secondary N) is 2. The van der Waals surface area contributed by atoms with Crippen LogP contribution >= 0.6 is 35.2 Å². The summed E-state index contributed by atoms with van der Waals surface area (Å²) in [6.07, 6.45) is -7.91. The zero-order valence-electron chi connectivity index (χ0n) is 39.0. The van der Waals surface area contributed by atoms with Gasteiger partial charge in [0.25, 0.3) is 24.9 Å². The Balaban J connectivity index is 0.843. The summed E-state index contributed by atoms with van der Waals surface area (Å²) < 4.78 is 98.0. The predicted molar refractivity (Wildman–Crippen MR) is 248 cm³/mol. The molecule has 0 amide bonds. The molecule has 0 spiro atoms. The summed E-state index contributed by atoms with van der Waals surface area (Å²) >= 11 is 1.00. The average Bonchev–Trinajstić information content (AvgIpc) is 4.19. The number of phosphoric ester groups is 2. The van der Waals surface area contributed by atoms with Crippen LogP contribution < -0.4 is 37.8 Å². The fourth-order valence-electron chi connectivity index (χ4n) is 8.78. The molecule has 9 heterocycles. The number of imidazole rings is 3. The second kappa shape index (κ2) is 21.5. The maximum absolute atomic E-state index is 13.3. The van der Waals surface area contributed by atoms with Crippen molar-refractivity contribution >= 4 is 86.4 Å². The third kappa shape index (κ3) is 11.1. The van der Waals surface area contributed by atoms with Crippen molar-refractivity contribution in [2.45, 2.75) is 66.7 Å². The number of aryl methyl sites for hydroxylation is 1. The minimum atomic E-state index is -6.11. The summed E-state index contributed by atoms with van der Waals surface area (Å²) in [5.74, 6) is -1.70. The van der Waals surface area contributed by atoms with Gasteiger partial charge >= 0.3 is 21.3 Å². The van der Waals surface area contributed by atoms with Gasteiger partial charge in [0.05, 0.1) is 69.5 Å². The number of nitrogen functional groups attached to an aromatic ring is 3. The summed E-state index contributed by atoms with van der Waals surface area (Å²) in [7, 11) is -13.7. The Morgan fingerprint density at radius 3 is 2.20 bits per heavy atom. The van der Waals surface area contributed by atoms with Gasteiger partial charge in [-0.1, -0.05) is 4.98 Å². The van der Waals surface area contributed by atoms with Crippen molar-refractivity contribution in [2.75, 3.05) is 63.8 Å². The van der Waals surface area contributed by atoms with E-state index in [4.69, 9.17) is 54.7 Å². The number of aliphatic hydroxyl groups excluding tert-OH is 3. The molecule has 4 unspecified atom stereocenters. The van der Waals surface area contributed by atoms with Gasteiger partial charge in [0.2, 0.25) is 17.7 Å². The molecular formula is C35H48N15O21P3S. The van der Waals surface area contributed by atoms with E-state index in [0.717, 1.165) is 11.8 Å². The normalized spacial score (nSPS) is 29.6. The molecule has 3 aliphatic heterocycles. The van der Waals surface area contributed by atoms with E-state index >= 15 is 0 Å². The average molecular weight is 1140 g/mol. The number of phosphoric acid groups is 3. The van der Waals surface area contributed by atoms with Crippen LogP contribution in [0.2, 0.25) is 0 Å². The lowest BCUT2D eigenvalue weighted by Gasteiger charge is -2.27. The Labute approximate surface area is 422 Å². The molecule has 3 fully saturated rings. The number of aromatic amines is 2. The maximum Gasteiger partial charge on any atom is 0.487 e. The van der Waals surface area contributed by atoms with E-state index in [1.807, 2.05) is 0 Å². The highest BCUT2D eigenvalue weighted by atomic mass is 32.2. The second-order valence-electron chi connectivity index (χ2n) is 16.9. The number of aliphatic hydroxyl groups is 3. The molecule has 3 aliphatic rings. The van der Waals surface area contributed by atoms with Crippen molar-refractivity contribution < 1.29 is 94.4 Å². The number of methoxy groups -OCH3 is 2. The lowest BCUT2D eigenvalue weighted by Crippen LogP contribution is -2.45. The van der Waals surface area contributed by atoms with Gasteiger partial charge in [0.1, 0.15) is 42.4 Å². The highest BCUT2D eigenvalue weighted by Crippen LogP contribution is 2.67. The molecule has 410 valence electrons. The SMILES string of the molecule is COC[C@H]1[C@@H](O)[C@H]([n+]2cn(C)c3c(=O)[nH]c(N)nc32)O[C@@H]1COP(=O)([O-])OP(=O)(O)OP(=O)(O)OCC1O[C@@H](n2cnc3c(N)ncnc32)[C@H](OC)[C@@H]1SCOC[C@H]1O[C@@H](n2cnc3c(=O)[nH]c(N)nc32)[C@H](O)[C@@H]1O. The number of hydrogen-bond acceptors (Lipinski definition) is 29. The third-order valence-electron chi connectivity index (χ3n) is 12.1. The van der Waals surface area contributed by atoms with Crippen molar-refractivity contribution in [3.8, 4) is 0 Å².